The van der Waals surface area contributed by atoms with Crippen molar-refractivity contribution in [2.24, 2.45) is 0 Å². The Bertz CT molecular complexity index is 3400. The second-order valence-electron chi connectivity index (χ2n) is 15.2. The molecule has 57 heavy (non-hydrogen) atoms. The molecule has 1 aliphatic carbocycles. The Morgan fingerprint density at radius 2 is 1.05 bits per heavy atom. The van der Waals surface area contributed by atoms with Gasteiger partial charge in [-0.15, -0.1) is 0 Å². The van der Waals surface area contributed by atoms with Crippen molar-refractivity contribution in [2.45, 2.75) is 12.8 Å². The smallest absolute Gasteiger partial charge is 0.159 e. The summed E-state index contributed by atoms with van der Waals surface area (Å²) in [6, 6.07) is 66.1. The van der Waals surface area contributed by atoms with Gasteiger partial charge in [0.1, 0.15) is 5.58 Å². The van der Waals surface area contributed by atoms with Crippen molar-refractivity contribution >= 4 is 60.7 Å². The van der Waals surface area contributed by atoms with E-state index in [-0.39, 0.29) is 0 Å². The molecule has 8 aromatic carbocycles. The lowest BCUT2D eigenvalue weighted by Gasteiger charge is -2.15. The van der Waals surface area contributed by atoms with E-state index in [9.17, 15) is 0 Å². The number of fused-ring (bicyclic) bond motifs is 9. The maximum absolute atomic E-state index is 6.74. The molecule has 0 unspecified atom stereocenters. The van der Waals surface area contributed by atoms with Crippen LogP contribution in [-0.2, 0) is 6.42 Å². The molecule has 11 aromatic rings. The van der Waals surface area contributed by atoms with Gasteiger partial charge < -0.3 is 13.6 Å². The first kappa shape index (κ1) is 31.9. The number of allylic oxidation sites excluding steroid dienone is 1. The molecule has 0 fully saturated rings. The van der Waals surface area contributed by atoms with Crippen LogP contribution in [0, 0.1) is 0 Å². The monoisotopic (exact) mass is 728 g/mol. The van der Waals surface area contributed by atoms with Crippen LogP contribution in [0.2, 0.25) is 0 Å². The molecule has 3 heteroatoms. The summed E-state index contributed by atoms with van der Waals surface area (Å²) in [5.41, 5.74) is 17.5. The standard InChI is InChI=1S/C54H36N2O/c1-3-14-35(15-4-1)37-18-13-19-41(30-37)55-48-23-10-7-20-42(48)44-28-26-39(33-51(44)55)38-27-29-50-46(31-38)43-21-8-11-24-49(43)56(50)52-34-40(36-16-5-2-6-17-36)32-47-45-22-9-12-25-53(45)57-54(47)52/h1-10,12-23,25-34H,11,24H2. The lowest BCUT2D eigenvalue weighted by atomic mass is 9.98. The zero-order valence-corrected chi connectivity index (χ0v) is 31.2. The third-order valence-electron chi connectivity index (χ3n) is 12.0. The number of nitrogens with zero attached hydrogens (tertiary/aromatic N) is 2. The Labute approximate surface area is 330 Å². The first-order valence-corrected chi connectivity index (χ1v) is 19.8. The van der Waals surface area contributed by atoms with E-state index in [1.807, 2.05) is 0 Å². The highest BCUT2D eigenvalue weighted by Crippen LogP contribution is 2.43. The van der Waals surface area contributed by atoms with Crippen molar-refractivity contribution in [3.8, 4) is 44.8 Å². The van der Waals surface area contributed by atoms with Crippen LogP contribution in [-0.4, -0.2) is 9.13 Å². The Balaban J connectivity index is 1.06. The van der Waals surface area contributed by atoms with Crippen molar-refractivity contribution in [1.29, 1.82) is 0 Å². The van der Waals surface area contributed by atoms with E-state index in [0.29, 0.717) is 0 Å². The topological polar surface area (TPSA) is 23.0 Å². The fraction of sp³-hybridized carbons (Fsp3) is 0.0370. The molecule has 0 radical (unpaired) electrons. The average molecular weight is 729 g/mol. The predicted molar refractivity (Wildman–Crippen MR) is 239 cm³/mol. The molecule has 268 valence electrons. The molecule has 0 atom stereocenters. The molecule has 3 heterocycles. The van der Waals surface area contributed by atoms with Crippen molar-refractivity contribution < 1.29 is 4.42 Å². The highest BCUT2D eigenvalue weighted by atomic mass is 16.3. The lowest BCUT2D eigenvalue weighted by molar-refractivity contribution is 0.665. The first-order chi connectivity index (χ1) is 28.3. The molecule has 0 saturated heterocycles. The summed E-state index contributed by atoms with van der Waals surface area (Å²) < 4.78 is 11.6. The van der Waals surface area contributed by atoms with Crippen LogP contribution in [0.4, 0.5) is 0 Å². The highest BCUT2D eigenvalue weighted by Gasteiger charge is 2.24. The van der Waals surface area contributed by atoms with Crippen LogP contribution < -0.4 is 0 Å². The molecule has 0 bridgehead atoms. The van der Waals surface area contributed by atoms with Crippen molar-refractivity contribution in [3.05, 3.63) is 199 Å². The van der Waals surface area contributed by atoms with E-state index < -0.39 is 0 Å². The Morgan fingerprint density at radius 1 is 0.404 bits per heavy atom. The minimum Gasteiger partial charge on any atom is -0.454 e. The summed E-state index contributed by atoms with van der Waals surface area (Å²) in [6.45, 7) is 0. The molecule has 3 nitrogen and oxygen atoms in total. The van der Waals surface area contributed by atoms with Gasteiger partial charge in [-0.1, -0.05) is 140 Å². The van der Waals surface area contributed by atoms with E-state index in [1.165, 1.54) is 77.3 Å². The van der Waals surface area contributed by atoms with Gasteiger partial charge in [0.25, 0.3) is 0 Å². The van der Waals surface area contributed by atoms with Crippen LogP contribution in [0.25, 0.3) is 105 Å². The van der Waals surface area contributed by atoms with E-state index in [2.05, 4.69) is 203 Å². The summed E-state index contributed by atoms with van der Waals surface area (Å²) >= 11 is 0. The van der Waals surface area contributed by atoms with Gasteiger partial charge in [-0.2, -0.15) is 0 Å². The second kappa shape index (κ2) is 12.6. The van der Waals surface area contributed by atoms with Crippen LogP contribution in [0.15, 0.2) is 192 Å². The summed E-state index contributed by atoms with van der Waals surface area (Å²) in [6.07, 6.45) is 6.62. The van der Waals surface area contributed by atoms with E-state index in [1.54, 1.807) is 0 Å². The Hall–Kier alpha value is -7.36. The SMILES string of the molecule is C1=Cc2c(n(-c3cc(-c4ccccc4)cc4c3oc3ccccc34)c3ccc(-c4ccc5c6ccccc6n(-c6cccc(-c7ccccc7)c6)c5c4)cc23)CC1. The molecule has 12 rings (SSSR count). The van der Waals surface area contributed by atoms with E-state index in [4.69, 9.17) is 4.42 Å². The Kier molecular flexibility index (Phi) is 7.05. The molecule has 0 N–H and O–H groups in total. The molecule has 0 spiro atoms. The van der Waals surface area contributed by atoms with Gasteiger partial charge >= 0.3 is 0 Å². The molecular weight excluding hydrogens is 693 g/mol. The average Bonchev–Trinajstić information content (AvgIpc) is 3.94. The Morgan fingerprint density at radius 3 is 1.91 bits per heavy atom. The molecule has 0 amide bonds. The number of hydrogen-bond donors (Lipinski definition) is 0. The number of aromatic nitrogens is 2. The van der Waals surface area contributed by atoms with Gasteiger partial charge in [0.05, 0.1) is 22.2 Å². The van der Waals surface area contributed by atoms with Crippen LogP contribution in [0.1, 0.15) is 17.7 Å². The van der Waals surface area contributed by atoms with Crippen LogP contribution >= 0.6 is 0 Å². The van der Waals surface area contributed by atoms with Gasteiger partial charge in [-0.05, 0) is 101 Å². The molecule has 3 aromatic heterocycles. The zero-order chi connectivity index (χ0) is 37.5. The highest BCUT2D eigenvalue weighted by molar-refractivity contribution is 6.12. The van der Waals surface area contributed by atoms with E-state index in [0.717, 1.165) is 46.2 Å². The van der Waals surface area contributed by atoms with Crippen molar-refractivity contribution in [3.63, 3.8) is 0 Å². The van der Waals surface area contributed by atoms with Crippen molar-refractivity contribution in [1.82, 2.24) is 9.13 Å². The minimum atomic E-state index is 0.908. The first-order valence-electron chi connectivity index (χ1n) is 19.8. The van der Waals surface area contributed by atoms with Crippen LogP contribution in [0.5, 0.6) is 0 Å². The minimum absolute atomic E-state index is 0.908. The van der Waals surface area contributed by atoms with Crippen LogP contribution in [0.3, 0.4) is 0 Å². The largest absolute Gasteiger partial charge is 0.454 e. The van der Waals surface area contributed by atoms with Gasteiger partial charge in [0, 0.05) is 43.9 Å². The third kappa shape index (κ3) is 4.99. The summed E-state index contributed by atoms with van der Waals surface area (Å²) in [5, 5.41) is 6.03. The fourth-order valence-electron chi connectivity index (χ4n) is 9.33. The van der Waals surface area contributed by atoms with Crippen molar-refractivity contribution in [2.75, 3.05) is 0 Å². The van der Waals surface area contributed by atoms with Gasteiger partial charge in [-0.3, -0.25) is 0 Å². The third-order valence-corrected chi connectivity index (χ3v) is 12.0. The number of rotatable bonds is 5. The summed E-state index contributed by atoms with van der Waals surface area (Å²) in [7, 11) is 0. The number of benzene rings is 8. The molecule has 1 aliphatic rings. The quantitative estimate of drug-likeness (QED) is 0.173. The molecule has 0 saturated carbocycles. The van der Waals surface area contributed by atoms with Gasteiger partial charge in [0.15, 0.2) is 5.58 Å². The summed E-state index contributed by atoms with van der Waals surface area (Å²) in [5.74, 6) is 0. The maximum Gasteiger partial charge on any atom is 0.159 e. The predicted octanol–water partition coefficient (Wildman–Crippen LogP) is 14.6. The second-order valence-corrected chi connectivity index (χ2v) is 15.2. The van der Waals surface area contributed by atoms with Gasteiger partial charge in [0.2, 0.25) is 0 Å². The van der Waals surface area contributed by atoms with E-state index >= 15 is 0 Å². The lowest BCUT2D eigenvalue weighted by Crippen LogP contribution is -2.03. The zero-order valence-electron chi connectivity index (χ0n) is 31.2. The molecular formula is C54H36N2O. The summed E-state index contributed by atoms with van der Waals surface area (Å²) in [4.78, 5) is 0. The number of hydrogen-bond acceptors (Lipinski definition) is 1. The number of para-hydroxylation sites is 2. The fourth-order valence-corrected chi connectivity index (χ4v) is 9.33. The normalized spacial score (nSPS) is 12.7. The molecule has 0 aliphatic heterocycles. The van der Waals surface area contributed by atoms with Gasteiger partial charge in [-0.25, -0.2) is 0 Å². The number of furan rings is 1. The maximum atomic E-state index is 6.74.